The Labute approximate surface area is 290 Å². The lowest BCUT2D eigenvalue weighted by atomic mass is 9.83. The van der Waals surface area contributed by atoms with Crippen LogP contribution in [0.15, 0.2) is 0 Å². The van der Waals surface area contributed by atoms with E-state index in [-0.39, 0.29) is 18.4 Å². The summed E-state index contributed by atoms with van der Waals surface area (Å²) >= 11 is 0. The first-order chi connectivity index (χ1) is 23.2. The van der Waals surface area contributed by atoms with E-state index >= 15 is 0 Å². The summed E-state index contributed by atoms with van der Waals surface area (Å²) in [6.07, 6.45) is 5.51. The normalized spacial score (nSPS) is 28.4. The molecule has 15 heteroatoms. The smallest absolute Gasteiger partial charge is 0.325 e. The maximum atomic E-state index is 14.1. The zero-order chi connectivity index (χ0) is 36.7. The van der Waals surface area contributed by atoms with Crippen LogP contribution in [-0.2, 0) is 33.5 Å². The van der Waals surface area contributed by atoms with Gasteiger partial charge in [-0.2, -0.15) is 0 Å². The van der Waals surface area contributed by atoms with Gasteiger partial charge in [-0.15, -0.1) is 0 Å². The Morgan fingerprint density at radius 3 is 2.18 bits per heavy atom. The number of nitrogens with zero attached hydrogens (tertiary/aromatic N) is 1. The number of nitrogens with one attached hydrogen (secondary N) is 4. The number of hydrogen-bond donors (Lipinski definition) is 7. The molecular formula is C34H60N6O9. The molecule has 1 unspecified atom stereocenters. The fourth-order valence-corrected chi connectivity index (χ4v) is 6.49. The summed E-state index contributed by atoms with van der Waals surface area (Å²) in [6, 6.07) is -5.06. The molecular weight excluding hydrogens is 636 g/mol. The summed E-state index contributed by atoms with van der Waals surface area (Å²) in [5, 5.41) is 30.1. The number of carbonyl (C=O) groups is 6. The van der Waals surface area contributed by atoms with Crippen molar-refractivity contribution in [3.8, 4) is 0 Å². The molecule has 8 N–H and O–H groups in total. The van der Waals surface area contributed by atoms with Crippen molar-refractivity contribution in [3.63, 3.8) is 0 Å². The number of carbonyl (C=O) groups excluding carboxylic acids is 6. The lowest BCUT2D eigenvalue weighted by Gasteiger charge is -2.36. The summed E-state index contributed by atoms with van der Waals surface area (Å²) in [4.78, 5) is 82.6. The van der Waals surface area contributed by atoms with Crippen LogP contribution in [0.4, 0.5) is 0 Å². The number of esters is 1. The van der Waals surface area contributed by atoms with Gasteiger partial charge in [0.15, 0.2) is 0 Å². The monoisotopic (exact) mass is 696 g/mol. The first-order valence-electron chi connectivity index (χ1n) is 17.9. The van der Waals surface area contributed by atoms with Crippen LogP contribution in [0.1, 0.15) is 98.3 Å². The minimum atomic E-state index is -1.75. The molecule has 0 bridgehead atoms. The van der Waals surface area contributed by atoms with Crippen molar-refractivity contribution in [2.45, 2.75) is 135 Å². The molecule has 1 saturated carbocycles. The number of cyclic esters (lactones) is 1. The van der Waals surface area contributed by atoms with Gasteiger partial charge in [-0.25, -0.2) is 0 Å². The summed E-state index contributed by atoms with van der Waals surface area (Å²) in [6.45, 7) is 5.61. The van der Waals surface area contributed by atoms with Crippen molar-refractivity contribution in [1.82, 2.24) is 26.2 Å². The minimum Gasteiger partial charge on any atom is -0.460 e. The molecule has 15 nitrogen and oxygen atoms in total. The van der Waals surface area contributed by atoms with Crippen molar-refractivity contribution >= 4 is 35.5 Å². The molecule has 0 aromatic rings. The minimum absolute atomic E-state index is 0.00341. The van der Waals surface area contributed by atoms with Crippen LogP contribution >= 0.6 is 0 Å². The molecule has 5 amide bonds. The highest BCUT2D eigenvalue weighted by atomic mass is 16.5. The number of ether oxygens (including phenoxy) is 1. The Kier molecular flexibility index (Phi) is 18.0. The lowest BCUT2D eigenvalue weighted by molar-refractivity contribution is -0.157. The van der Waals surface area contributed by atoms with Crippen LogP contribution in [0, 0.1) is 17.8 Å². The summed E-state index contributed by atoms with van der Waals surface area (Å²) < 4.78 is 5.73. The molecule has 0 aromatic carbocycles. The molecule has 1 aliphatic heterocycles. The predicted molar refractivity (Wildman–Crippen MR) is 181 cm³/mol. The topological polar surface area (TPSA) is 229 Å². The van der Waals surface area contributed by atoms with E-state index in [0.717, 1.165) is 38.5 Å². The highest BCUT2D eigenvalue weighted by molar-refractivity contribution is 5.96. The Bertz CT molecular complexity index is 1120. The van der Waals surface area contributed by atoms with Crippen molar-refractivity contribution in [2.24, 2.45) is 23.5 Å². The first-order valence-corrected chi connectivity index (χ1v) is 17.9. The van der Waals surface area contributed by atoms with E-state index in [1.807, 2.05) is 13.8 Å². The number of aliphatic hydroxyl groups excluding tert-OH is 2. The summed E-state index contributed by atoms with van der Waals surface area (Å²) in [5.74, 6) is -5.42. The van der Waals surface area contributed by atoms with Gasteiger partial charge in [0, 0.05) is 13.6 Å². The van der Waals surface area contributed by atoms with Crippen molar-refractivity contribution in [2.75, 3.05) is 26.7 Å². The van der Waals surface area contributed by atoms with Gasteiger partial charge in [0.25, 0.3) is 0 Å². The number of unbranched alkanes of at least 4 members (excludes halogenated alkanes) is 3. The van der Waals surface area contributed by atoms with Crippen LogP contribution in [0.2, 0.25) is 0 Å². The molecule has 1 heterocycles. The van der Waals surface area contributed by atoms with Crippen LogP contribution < -0.4 is 27.0 Å². The highest BCUT2D eigenvalue weighted by Gasteiger charge is 2.39. The van der Waals surface area contributed by atoms with Crippen LogP contribution in [0.3, 0.4) is 0 Å². The molecule has 1 saturated heterocycles. The van der Waals surface area contributed by atoms with Gasteiger partial charge < -0.3 is 46.9 Å². The van der Waals surface area contributed by atoms with Gasteiger partial charge >= 0.3 is 5.97 Å². The number of rotatable bonds is 11. The van der Waals surface area contributed by atoms with Crippen LogP contribution in [0.25, 0.3) is 0 Å². The van der Waals surface area contributed by atoms with E-state index in [9.17, 15) is 39.0 Å². The Balaban J connectivity index is 2.57. The van der Waals surface area contributed by atoms with Crippen LogP contribution in [-0.4, -0.2) is 114 Å². The molecule has 1 aliphatic carbocycles. The van der Waals surface area contributed by atoms with Crippen molar-refractivity contribution in [1.29, 1.82) is 0 Å². The number of likely N-dealkylation sites (N-methyl/N-ethyl adjacent to an activating group) is 1. The fraction of sp³-hybridized carbons (Fsp3) is 0.824. The second-order valence-corrected chi connectivity index (χ2v) is 13.9. The first kappa shape index (κ1) is 41.9. The van der Waals surface area contributed by atoms with Gasteiger partial charge in [0.2, 0.25) is 29.5 Å². The highest BCUT2D eigenvalue weighted by Crippen LogP contribution is 2.28. The largest absolute Gasteiger partial charge is 0.460 e. The number of nitrogens with two attached hydrogens (primary N) is 1. The van der Waals surface area contributed by atoms with Crippen LogP contribution in [0.5, 0.6) is 0 Å². The molecule has 2 aliphatic rings. The second-order valence-electron chi connectivity index (χ2n) is 13.9. The maximum absolute atomic E-state index is 14.1. The Morgan fingerprint density at radius 2 is 1.59 bits per heavy atom. The summed E-state index contributed by atoms with van der Waals surface area (Å²) in [5.41, 5.74) is 5.86. The van der Waals surface area contributed by atoms with Crippen molar-refractivity contribution in [3.05, 3.63) is 0 Å². The summed E-state index contributed by atoms with van der Waals surface area (Å²) in [7, 11) is 1.53. The molecule has 280 valence electrons. The average Bonchev–Trinajstić information content (AvgIpc) is 3.09. The van der Waals surface area contributed by atoms with E-state index in [2.05, 4.69) is 28.2 Å². The zero-order valence-corrected chi connectivity index (χ0v) is 29.9. The van der Waals surface area contributed by atoms with E-state index in [1.165, 1.54) is 11.9 Å². The van der Waals surface area contributed by atoms with Gasteiger partial charge in [-0.3, -0.25) is 28.8 Å². The third kappa shape index (κ3) is 12.8. The molecule has 0 aromatic heterocycles. The molecule has 49 heavy (non-hydrogen) atoms. The standard InChI is InChI=1S/C34H60N6O9/c1-6-7-8-12-15-26-21(4)34(48)40(5)24(16-20(2)3)31(45)38-28(22-13-10-9-11-14-22)33(47)37-23(17-35)30(44)39-29(25(42)19-41)32(46)36-18-27(43)49-26/h20-26,28-29,41-42H,6-19,35H2,1-5H3,(H,36,46)(H,37,47)(H,38,45)(H,39,44)/t21-,23+,24+,25?,26-,28+,29+/m1/s1. The number of amides is 5. The molecule has 0 radical (unpaired) electrons. The van der Waals surface area contributed by atoms with Gasteiger partial charge in [0.05, 0.1) is 12.5 Å². The fourth-order valence-electron chi connectivity index (χ4n) is 6.49. The third-order valence-electron chi connectivity index (χ3n) is 9.51. The van der Waals surface area contributed by atoms with E-state index in [1.54, 1.807) is 6.92 Å². The van der Waals surface area contributed by atoms with E-state index in [4.69, 9.17) is 10.5 Å². The number of hydrogen-bond acceptors (Lipinski definition) is 10. The molecule has 2 fully saturated rings. The molecule has 7 atom stereocenters. The predicted octanol–water partition coefficient (Wildman–Crippen LogP) is -0.146. The maximum Gasteiger partial charge on any atom is 0.325 e. The van der Waals surface area contributed by atoms with Gasteiger partial charge in [-0.05, 0) is 43.9 Å². The number of aliphatic hydroxyl groups is 2. The quantitative estimate of drug-likeness (QED) is 0.112. The van der Waals surface area contributed by atoms with E-state index in [0.29, 0.717) is 32.1 Å². The molecule has 0 spiro atoms. The molecule has 2 rings (SSSR count). The SMILES string of the molecule is CCCCCC[C@H]1OC(=O)CNC(=O)[C@H](C(O)CO)NC(=O)[C@H](CN)NC(=O)[C@H](C2CCCCC2)NC(=O)[C@H](CC(C)C)N(C)C(=O)[C@@H]1C. The second kappa shape index (κ2) is 21.0. The average molecular weight is 697 g/mol. The van der Waals surface area contributed by atoms with Crippen molar-refractivity contribution < 1.29 is 43.7 Å². The van der Waals surface area contributed by atoms with Gasteiger partial charge in [-0.1, -0.05) is 66.2 Å². The Morgan fingerprint density at radius 1 is 0.918 bits per heavy atom. The lowest BCUT2D eigenvalue weighted by Crippen LogP contribution is -2.63. The third-order valence-corrected chi connectivity index (χ3v) is 9.51. The van der Waals surface area contributed by atoms with E-state index < -0.39 is 91.0 Å². The Hall–Kier alpha value is -3.30. The zero-order valence-electron chi connectivity index (χ0n) is 29.9. The van der Waals surface area contributed by atoms with Gasteiger partial charge in [0.1, 0.15) is 42.9 Å².